The molecule has 0 radical (unpaired) electrons. The molecule has 2 aromatic rings. The van der Waals surface area contributed by atoms with Gasteiger partial charge in [-0.2, -0.15) is 17.0 Å². The highest BCUT2D eigenvalue weighted by Gasteiger charge is 2.69. The Morgan fingerprint density at radius 2 is 1.82 bits per heavy atom. The monoisotopic (exact) mass is 484 g/mol. The van der Waals surface area contributed by atoms with Crippen molar-refractivity contribution in [1.29, 1.82) is 0 Å². The van der Waals surface area contributed by atoms with Crippen LogP contribution in [0.15, 0.2) is 54.6 Å². The van der Waals surface area contributed by atoms with Crippen LogP contribution in [-0.4, -0.2) is 66.7 Å². The molecule has 2 unspecified atom stereocenters. The summed E-state index contributed by atoms with van der Waals surface area (Å²) in [6.45, 7) is 7.91. The number of quaternary nitrogens is 1. The molecule has 2 atom stereocenters. The second kappa shape index (κ2) is 8.07. The van der Waals surface area contributed by atoms with Crippen LogP contribution >= 0.6 is 0 Å². The molecule has 34 heavy (non-hydrogen) atoms. The van der Waals surface area contributed by atoms with Gasteiger partial charge in [0.2, 0.25) is 0 Å². The Morgan fingerprint density at radius 1 is 1.12 bits per heavy atom. The number of hydrogen-bond acceptors (Lipinski definition) is 4. The number of nitrogens with zero attached hydrogens (tertiary/aromatic N) is 2. The van der Waals surface area contributed by atoms with Crippen molar-refractivity contribution >= 4 is 16.3 Å². The maximum Gasteiger partial charge on any atom is 0.410 e. The van der Waals surface area contributed by atoms with Crippen LogP contribution < -0.4 is 4.72 Å². The smallest absolute Gasteiger partial charge is 0.410 e. The molecule has 182 valence electrons. The third-order valence-corrected chi connectivity index (χ3v) is 9.44. The zero-order valence-corrected chi connectivity index (χ0v) is 21.0. The summed E-state index contributed by atoms with van der Waals surface area (Å²) >= 11 is 0. The second-order valence-corrected chi connectivity index (χ2v) is 12.9. The van der Waals surface area contributed by atoms with E-state index in [-0.39, 0.29) is 16.0 Å². The lowest BCUT2D eigenvalue weighted by Gasteiger charge is -2.46. The van der Waals surface area contributed by atoms with Gasteiger partial charge in [-0.1, -0.05) is 54.6 Å². The van der Waals surface area contributed by atoms with Crippen molar-refractivity contribution in [3.63, 3.8) is 0 Å². The average molecular weight is 485 g/mol. The number of carbonyl (C=O) groups excluding carboxylic acids is 1. The molecule has 3 heterocycles. The summed E-state index contributed by atoms with van der Waals surface area (Å²) < 4.78 is 35.1. The molecule has 0 aliphatic carbocycles. The minimum atomic E-state index is -3.47. The van der Waals surface area contributed by atoms with Gasteiger partial charge >= 0.3 is 16.3 Å². The van der Waals surface area contributed by atoms with E-state index < -0.39 is 21.3 Å². The zero-order valence-electron chi connectivity index (χ0n) is 20.2. The van der Waals surface area contributed by atoms with Crippen molar-refractivity contribution in [1.82, 2.24) is 9.62 Å². The molecule has 0 saturated carbocycles. The van der Waals surface area contributed by atoms with Gasteiger partial charge in [-0.15, -0.1) is 0 Å². The highest BCUT2D eigenvalue weighted by atomic mass is 32.2. The van der Waals surface area contributed by atoms with Gasteiger partial charge in [-0.25, -0.2) is 4.79 Å². The maximum atomic E-state index is 13.3. The Morgan fingerprint density at radius 3 is 2.47 bits per heavy atom. The lowest BCUT2D eigenvalue weighted by atomic mass is 9.78. The first kappa shape index (κ1) is 23.3. The summed E-state index contributed by atoms with van der Waals surface area (Å²) in [5.41, 5.74) is 2.00. The molecule has 2 spiro atoms. The van der Waals surface area contributed by atoms with E-state index in [1.54, 1.807) is 4.90 Å². The molecule has 1 amide bonds. The number of benzene rings is 2. The average Bonchev–Trinajstić information content (AvgIpc) is 3.51. The number of hydrogen-bond donors (Lipinski definition) is 1. The number of piperidine rings is 1. The molecule has 1 N–H and O–H groups in total. The lowest BCUT2D eigenvalue weighted by Crippen LogP contribution is -2.66. The molecule has 0 aromatic heterocycles. The van der Waals surface area contributed by atoms with Crippen LogP contribution in [-0.2, 0) is 21.4 Å². The van der Waals surface area contributed by atoms with Crippen molar-refractivity contribution in [2.24, 2.45) is 0 Å². The second-order valence-electron chi connectivity index (χ2n) is 11.0. The van der Waals surface area contributed by atoms with Gasteiger partial charge in [0.05, 0.1) is 6.04 Å². The summed E-state index contributed by atoms with van der Waals surface area (Å²) in [7, 11) is -3.47. The minimum Gasteiger partial charge on any atom is -0.444 e. The van der Waals surface area contributed by atoms with Gasteiger partial charge in [-0.05, 0) is 56.7 Å². The number of amides is 1. The van der Waals surface area contributed by atoms with E-state index in [2.05, 4.69) is 35.1 Å². The van der Waals surface area contributed by atoms with E-state index in [9.17, 15) is 13.2 Å². The third kappa shape index (κ3) is 4.23. The fourth-order valence-electron chi connectivity index (χ4n) is 5.56. The van der Waals surface area contributed by atoms with Crippen molar-refractivity contribution in [3.8, 4) is 11.1 Å². The highest BCUT2D eigenvalue weighted by Crippen LogP contribution is 2.44. The highest BCUT2D eigenvalue weighted by molar-refractivity contribution is 7.84. The van der Waals surface area contributed by atoms with E-state index >= 15 is 0 Å². The molecular formula is C26H34N3O4S+. The largest absolute Gasteiger partial charge is 0.444 e. The molecule has 3 saturated heterocycles. The van der Waals surface area contributed by atoms with Gasteiger partial charge in [0.15, 0.2) is 0 Å². The predicted molar refractivity (Wildman–Crippen MR) is 131 cm³/mol. The number of carbonyl (C=O) groups is 1. The van der Waals surface area contributed by atoms with Gasteiger partial charge < -0.3 is 9.64 Å². The number of likely N-dealkylation sites (tertiary alicyclic amines) is 1. The van der Waals surface area contributed by atoms with Crippen molar-refractivity contribution in [2.45, 2.75) is 57.2 Å². The van der Waals surface area contributed by atoms with Crippen LogP contribution in [0.1, 0.15) is 39.2 Å². The topological polar surface area (TPSA) is 75.7 Å². The molecule has 2 aromatic carbocycles. The Labute approximate surface area is 202 Å². The van der Waals surface area contributed by atoms with E-state index in [0.29, 0.717) is 39.0 Å². The normalized spacial score (nSPS) is 27.1. The first-order valence-corrected chi connectivity index (χ1v) is 13.5. The number of nitrogens with one attached hydrogen (secondary N) is 1. The zero-order chi connectivity index (χ0) is 24.2. The van der Waals surface area contributed by atoms with Gasteiger partial charge in [0.1, 0.15) is 30.8 Å². The molecule has 3 aliphatic rings. The van der Waals surface area contributed by atoms with E-state index in [4.69, 9.17) is 4.74 Å². The van der Waals surface area contributed by atoms with E-state index in [1.807, 2.05) is 45.0 Å². The van der Waals surface area contributed by atoms with E-state index in [1.165, 1.54) is 0 Å². The third-order valence-electron chi connectivity index (χ3n) is 7.26. The standard InChI is InChI=1S/C26H34N3O4S/c1-25(2,3)33-24(30)28-14-8-13-26(19-29(15-16-29)34(31,32)27-26)23(28)18-20-9-7-12-22(17-20)21-10-5-4-6-11-21/h4-7,9-12,17,23,27H,8,13-16,18-19H2,1-3H3/q+1. The molecule has 3 aliphatic heterocycles. The number of rotatable bonds is 3. The molecule has 3 fully saturated rings. The van der Waals surface area contributed by atoms with Crippen LogP contribution in [0, 0.1) is 0 Å². The van der Waals surface area contributed by atoms with Crippen molar-refractivity contribution < 1.29 is 21.8 Å². The lowest BCUT2D eigenvalue weighted by molar-refractivity contribution is -0.659. The maximum absolute atomic E-state index is 13.3. The Bertz CT molecular complexity index is 1190. The summed E-state index contributed by atoms with van der Waals surface area (Å²) in [4.78, 5) is 15.1. The van der Waals surface area contributed by atoms with Crippen molar-refractivity contribution in [3.05, 3.63) is 60.2 Å². The summed E-state index contributed by atoms with van der Waals surface area (Å²) in [5, 5.41) is 0. The predicted octanol–water partition coefficient (Wildman–Crippen LogP) is 3.71. The first-order valence-electron chi connectivity index (χ1n) is 12.1. The SMILES string of the molecule is CC(C)(C)OC(=O)N1CCCC2(C[N+]3(CC3)S(=O)(=O)N2)C1Cc1cccc(-c2ccccc2)c1. The fourth-order valence-corrected chi connectivity index (χ4v) is 7.53. The van der Waals surface area contributed by atoms with Gasteiger partial charge in [-0.3, -0.25) is 0 Å². The van der Waals surface area contributed by atoms with Gasteiger partial charge in [0.25, 0.3) is 0 Å². The Hall–Kier alpha value is -2.42. The van der Waals surface area contributed by atoms with E-state index in [0.717, 1.165) is 23.1 Å². The molecule has 7 nitrogen and oxygen atoms in total. The Kier molecular flexibility index (Phi) is 5.54. The van der Waals surface area contributed by atoms with Crippen LogP contribution in [0.3, 0.4) is 0 Å². The fraction of sp³-hybridized carbons (Fsp3) is 0.500. The van der Waals surface area contributed by atoms with Crippen LogP contribution in [0.4, 0.5) is 4.79 Å². The van der Waals surface area contributed by atoms with Crippen LogP contribution in [0.2, 0.25) is 0 Å². The molecular weight excluding hydrogens is 450 g/mol. The quantitative estimate of drug-likeness (QED) is 0.532. The minimum absolute atomic E-state index is 0.0930. The van der Waals surface area contributed by atoms with Crippen LogP contribution in [0.25, 0.3) is 11.1 Å². The number of ether oxygens (including phenoxy) is 1. The summed E-state index contributed by atoms with van der Waals surface area (Å²) in [5.74, 6) is 0. The summed E-state index contributed by atoms with van der Waals surface area (Å²) in [6.07, 6.45) is 1.64. The molecule has 5 rings (SSSR count). The Balaban J connectivity index is 1.51. The molecule has 0 bridgehead atoms. The first-order chi connectivity index (χ1) is 16.0. The van der Waals surface area contributed by atoms with Crippen molar-refractivity contribution in [2.75, 3.05) is 26.2 Å². The van der Waals surface area contributed by atoms with Crippen LogP contribution in [0.5, 0.6) is 0 Å². The van der Waals surface area contributed by atoms with Gasteiger partial charge in [0, 0.05) is 6.54 Å². The molecule has 8 heteroatoms. The summed E-state index contributed by atoms with van der Waals surface area (Å²) in [6, 6.07) is 18.2.